The molecule has 1 aromatic heterocycles. The molecule has 0 radical (unpaired) electrons. The molecule has 0 aliphatic heterocycles. The predicted molar refractivity (Wildman–Crippen MR) is 122 cm³/mol. The number of para-hydroxylation sites is 1. The highest BCUT2D eigenvalue weighted by atomic mass is 79.9. The molecule has 0 aliphatic rings. The second-order valence-electron chi connectivity index (χ2n) is 6.55. The Labute approximate surface area is 174 Å². The first-order valence-corrected chi connectivity index (χ1v) is 10.3. The summed E-state index contributed by atoms with van der Waals surface area (Å²) in [4.78, 5) is 0. The smallest absolute Gasteiger partial charge is 0.0683 e. The largest absolute Gasteiger partial charge is 0.308 e. The van der Waals surface area contributed by atoms with Crippen molar-refractivity contribution in [3.63, 3.8) is 0 Å². The molecule has 0 amide bonds. The molecule has 5 aromatic rings. The van der Waals surface area contributed by atoms with Crippen molar-refractivity contribution >= 4 is 53.7 Å². The normalized spacial score (nSPS) is 11.3. The highest BCUT2D eigenvalue weighted by molar-refractivity contribution is 9.11. The van der Waals surface area contributed by atoms with Crippen LogP contribution >= 0.6 is 31.9 Å². The van der Waals surface area contributed by atoms with Gasteiger partial charge in [-0.05, 0) is 63.5 Å². The fraction of sp³-hybridized carbons (Fsp3) is 0. The van der Waals surface area contributed by atoms with Gasteiger partial charge in [0, 0.05) is 25.4 Å². The number of rotatable bonds is 2. The van der Waals surface area contributed by atoms with E-state index in [1.54, 1.807) is 0 Å². The first kappa shape index (κ1) is 16.8. The SMILES string of the molecule is Brc1ccc2c(c1)c1cccc(Br)c1n2-c1ccc(-c2ccccc2)cc1. The highest BCUT2D eigenvalue weighted by Gasteiger charge is 2.14. The summed E-state index contributed by atoms with van der Waals surface area (Å²) in [5, 5.41) is 2.49. The summed E-state index contributed by atoms with van der Waals surface area (Å²) in [6.07, 6.45) is 0. The first-order chi connectivity index (χ1) is 13.2. The Kier molecular flexibility index (Phi) is 4.14. The Bertz CT molecular complexity index is 1270. The van der Waals surface area contributed by atoms with E-state index in [0.717, 1.165) is 14.6 Å². The van der Waals surface area contributed by atoms with Gasteiger partial charge in [-0.1, -0.05) is 70.5 Å². The third kappa shape index (κ3) is 2.82. The van der Waals surface area contributed by atoms with Gasteiger partial charge in [-0.15, -0.1) is 0 Å². The molecule has 0 bridgehead atoms. The van der Waals surface area contributed by atoms with Crippen molar-refractivity contribution in [2.24, 2.45) is 0 Å². The van der Waals surface area contributed by atoms with Gasteiger partial charge in [-0.25, -0.2) is 0 Å². The third-order valence-electron chi connectivity index (χ3n) is 4.93. The molecule has 27 heavy (non-hydrogen) atoms. The third-order valence-corrected chi connectivity index (χ3v) is 6.07. The molecule has 4 aromatic carbocycles. The molecular weight excluding hydrogens is 462 g/mol. The summed E-state index contributed by atoms with van der Waals surface area (Å²) in [6, 6.07) is 32.1. The minimum Gasteiger partial charge on any atom is -0.308 e. The molecule has 5 rings (SSSR count). The van der Waals surface area contributed by atoms with Crippen molar-refractivity contribution in [1.29, 1.82) is 0 Å². The Balaban J connectivity index is 1.77. The Morgan fingerprint density at radius 1 is 0.593 bits per heavy atom. The molecule has 0 saturated carbocycles. The number of nitrogens with zero attached hydrogens (tertiary/aromatic N) is 1. The predicted octanol–water partition coefficient (Wildman–Crippen LogP) is 7.98. The van der Waals surface area contributed by atoms with Crippen LogP contribution in [0.15, 0.2) is 99.9 Å². The lowest BCUT2D eigenvalue weighted by Gasteiger charge is -2.10. The topological polar surface area (TPSA) is 4.93 Å². The minimum atomic E-state index is 1.09. The van der Waals surface area contributed by atoms with Crippen LogP contribution in [0.4, 0.5) is 0 Å². The Morgan fingerprint density at radius 3 is 2.11 bits per heavy atom. The molecule has 0 spiro atoms. The number of fused-ring (bicyclic) bond motifs is 3. The summed E-state index contributed by atoms with van der Waals surface area (Å²) >= 11 is 7.38. The van der Waals surface area contributed by atoms with Gasteiger partial charge in [0.15, 0.2) is 0 Å². The van der Waals surface area contributed by atoms with Crippen LogP contribution in [-0.4, -0.2) is 4.57 Å². The van der Waals surface area contributed by atoms with Gasteiger partial charge in [0.2, 0.25) is 0 Å². The summed E-state index contributed by atoms with van der Waals surface area (Å²) in [5.41, 5.74) is 6.01. The van der Waals surface area contributed by atoms with Crippen LogP contribution in [0, 0.1) is 0 Å². The van der Waals surface area contributed by atoms with E-state index in [4.69, 9.17) is 0 Å². The lowest BCUT2D eigenvalue weighted by molar-refractivity contribution is 1.18. The maximum Gasteiger partial charge on any atom is 0.0683 e. The number of benzene rings is 4. The van der Waals surface area contributed by atoms with Crippen LogP contribution in [0.2, 0.25) is 0 Å². The van der Waals surface area contributed by atoms with E-state index >= 15 is 0 Å². The van der Waals surface area contributed by atoms with E-state index in [1.807, 2.05) is 6.07 Å². The van der Waals surface area contributed by atoms with Crippen LogP contribution in [0.1, 0.15) is 0 Å². The van der Waals surface area contributed by atoms with Crippen molar-refractivity contribution in [1.82, 2.24) is 4.57 Å². The molecule has 3 heteroatoms. The van der Waals surface area contributed by atoms with E-state index in [1.165, 1.54) is 32.9 Å². The fourth-order valence-electron chi connectivity index (χ4n) is 3.70. The Hall–Kier alpha value is -2.36. The number of halogens is 2. The van der Waals surface area contributed by atoms with Crippen LogP contribution in [-0.2, 0) is 0 Å². The van der Waals surface area contributed by atoms with Crippen LogP contribution in [0.5, 0.6) is 0 Å². The zero-order valence-electron chi connectivity index (χ0n) is 14.4. The summed E-state index contributed by atoms with van der Waals surface area (Å²) in [7, 11) is 0. The standard InChI is InChI=1S/C24H15Br2N/c25-18-11-14-23-21(15-18)20-7-4-8-22(26)24(20)27(23)19-12-9-17(10-13-19)16-5-2-1-3-6-16/h1-15H. The van der Waals surface area contributed by atoms with E-state index in [2.05, 4.69) is 121 Å². The van der Waals surface area contributed by atoms with Gasteiger partial charge in [-0.2, -0.15) is 0 Å². The van der Waals surface area contributed by atoms with Crippen molar-refractivity contribution < 1.29 is 0 Å². The van der Waals surface area contributed by atoms with Gasteiger partial charge >= 0.3 is 0 Å². The van der Waals surface area contributed by atoms with E-state index < -0.39 is 0 Å². The molecule has 0 N–H and O–H groups in total. The first-order valence-electron chi connectivity index (χ1n) is 8.76. The monoisotopic (exact) mass is 475 g/mol. The van der Waals surface area contributed by atoms with Crippen molar-refractivity contribution in [3.8, 4) is 16.8 Å². The zero-order chi connectivity index (χ0) is 18.4. The maximum absolute atomic E-state index is 3.76. The fourth-order valence-corrected chi connectivity index (χ4v) is 4.61. The van der Waals surface area contributed by atoms with Gasteiger partial charge in [0.05, 0.1) is 11.0 Å². The Morgan fingerprint density at radius 2 is 1.33 bits per heavy atom. The van der Waals surface area contributed by atoms with Crippen LogP contribution in [0.3, 0.4) is 0 Å². The minimum absolute atomic E-state index is 1.09. The maximum atomic E-state index is 3.76. The summed E-state index contributed by atoms with van der Waals surface area (Å²) < 4.78 is 4.52. The molecule has 0 saturated heterocycles. The second-order valence-corrected chi connectivity index (χ2v) is 8.32. The lowest BCUT2D eigenvalue weighted by Crippen LogP contribution is -1.94. The van der Waals surface area contributed by atoms with Gasteiger partial charge in [0.1, 0.15) is 0 Å². The van der Waals surface area contributed by atoms with Crippen molar-refractivity contribution in [2.45, 2.75) is 0 Å². The number of aromatic nitrogens is 1. The molecule has 1 heterocycles. The van der Waals surface area contributed by atoms with E-state index in [9.17, 15) is 0 Å². The van der Waals surface area contributed by atoms with Crippen LogP contribution < -0.4 is 0 Å². The molecule has 0 unspecified atom stereocenters. The molecule has 0 aliphatic carbocycles. The van der Waals surface area contributed by atoms with Gasteiger partial charge in [0.25, 0.3) is 0 Å². The molecular formula is C24H15Br2N. The number of hydrogen-bond acceptors (Lipinski definition) is 0. The van der Waals surface area contributed by atoms with E-state index in [-0.39, 0.29) is 0 Å². The quantitative estimate of drug-likeness (QED) is 0.243. The molecule has 130 valence electrons. The summed E-state index contributed by atoms with van der Waals surface area (Å²) in [5.74, 6) is 0. The second kappa shape index (κ2) is 6.66. The van der Waals surface area contributed by atoms with Gasteiger partial charge < -0.3 is 4.57 Å². The van der Waals surface area contributed by atoms with Crippen LogP contribution in [0.25, 0.3) is 38.6 Å². The van der Waals surface area contributed by atoms with E-state index in [0.29, 0.717) is 0 Å². The average molecular weight is 477 g/mol. The average Bonchev–Trinajstić information content (AvgIpc) is 3.04. The number of hydrogen-bond donors (Lipinski definition) is 0. The molecule has 0 fully saturated rings. The molecule has 1 nitrogen and oxygen atoms in total. The lowest BCUT2D eigenvalue weighted by atomic mass is 10.1. The molecule has 0 atom stereocenters. The summed E-state index contributed by atoms with van der Waals surface area (Å²) in [6.45, 7) is 0. The van der Waals surface area contributed by atoms with Crippen molar-refractivity contribution in [2.75, 3.05) is 0 Å². The van der Waals surface area contributed by atoms with Crippen molar-refractivity contribution in [3.05, 3.63) is 99.9 Å². The van der Waals surface area contributed by atoms with Gasteiger partial charge in [-0.3, -0.25) is 0 Å². The highest BCUT2D eigenvalue weighted by Crippen LogP contribution is 2.37. The zero-order valence-corrected chi connectivity index (χ0v) is 17.5.